The predicted molar refractivity (Wildman–Crippen MR) is 76.6 cm³/mol. The number of aliphatic hydroxyl groups is 1. The van der Waals surface area contributed by atoms with Gasteiger partial charge in [0.1, 0.15) is 0 Å². The molecule has 1 aliphatic rings. The molecule has 1 amide bonds. The molecular formula is C14H17Cl2NO2. The number of carbonyl (C=O) groups excluding carboxylic acids is 1. The van der Waals surface area contributed by atoms with Gasteiger partial charge < -0.3 is 10.4 Å². The predicted octanol–water partition coefficient (Wildman–Crippen LogP) is 2.96. The Labute approximate surface area is 122 Å². The van der Waals surface area contributed by atoms with Crippen molar-refractivity contribution in [3.05, 3.63) is 33.8 Å². The van der Waals surface area contributed by atoms with E-state index in [9.17, 15) is 9.90 Å². The van der Waals surface area contributed by atoms with Crippen molar-refractivity contribution in [3.8, 4) is 0 Å². The highest BCUT2D eigenvalue weighted by Crippen LogP contribution is 2.31. The van der Waals surface area contributed by atoms with Crippen LogP contribution in [0.5, 0.6) is 0 Å². The summed E-state index contributed by atoms with van der Waals surface area (Å²) in [6.45, 7) is 0.0143. The molecule has 0 aromatic heterocycles. The van der Waals surface area contributed by atoms with Crippen LogP contribution in [0.15, 0.2) is 18.2 Å². The Morgan fingerprint density at radius 1 is 1.37 bits per heavy atom. The molecule has 0 bridgehead atoms. The summed E-state index contributed by atoms with van der Waals surface area (Å²) in [4.78, 5) is 11.9. The Hall–Kier alpha value is -0.770. The highest BCUT2D eigenvalue weighted by Gasteiger charge is 2.37. The number of benzene rings is 1. The lowest BCUT2D eigenvalue weighted by molar-refractivity contribution is -0.125. The molecule has 1 aliphatic carbocycles. The van der Waals surface area contributed by atoms with Crippen molar-refractivity contribution < 1.29 is 9.90 Å². The lowest BCUT2D eigenvalue weighted by Gasteiger charge is -2.41. The molecule has 0 radical (unpaired) electrons. The zero-order valence-electron chi connectivity index (χ0n) is 10.6. The van der Waals surface area contributed by atoms with E-state index < -0.39 is 0 Å². The molecule has 1 saturated carbocycles. The maximum Gasteiger partial charge on any atom is 0.220 e. The number of amides is 1. The second kappa shape index (κ2) is 6.12. The van der Waals surface area contributed by atoms with Gasteiger partial charge >= 0.3 is 0 Å². The Bertz CT molecular complexity index is 467. The van der Waals surface area contributed by atoms with E-state index in [0.717, 1.165) is 24.8 Å². The number of carbonyl (C=O) groups is 1. The molecule has 2 N–H and O–H groups in total. The van der Waals surface area contributed by atoms with E-state index in [-0.39, 0.29) is 18.1 Å². The fourth-order valence-electron chi connectivity index (χ4n) is 2.26. The first-order chi connectivity index (χ1) is 9.04. The third kappa shape index (κ3) is 3.62. The normalized spacial score (nSPS) is 16.8. The van der Waals surface area contributed by atoms with Gasteiger partial charge in [0.25, 0.3) is 0 Å². The smallest absolute Gasteiger partial charge is 0.220 e. The highest BCUT2D eigenvalue weighted by atomic mass is 35.5. The van der Waals surface area contributed by atoms with Gasteiger partial charge in [0.15, 0.2) is 0 Å². The molecule has 0 saturated heterocycles. The summed E-state index contributed by atoms with van der Waals surface area (Å²) in [7, 11) is 0. The zero-order chi connectivity index (χ0) is 13.9. The van der Waals surface area contributed by atoms with Crippen LogP contribution in [0.3, 0.4) is 0 Å². The van der Waals surface area contributed by atoms with Crippen LogP contribution >= 0.6 is 23.2 Å². The molecule has 5 heteroatoms. The number of nitrogens with one attached hydrogen (secondary N) is 1. The summed E-state index contributed by atoms with van der Waals surface area (Å²) in [5.74, 6) is -0.0419. The molecule has 0 unspecified atom stereocenters. The van der Waals surface area contributed by atoms with Crippen molar-refractivity contribution in [2.75, 3.05) is 6.61 Å². The number of hydrogen-bond acceptors (Lipinski definition) is 2. The van der Waals surface area contributed by atoms with Crippen molar-refractivity contribution in [1.29, 1.82) is 0 Å². The SMILES string of the molecule is O=C(CCc1ccc(Cl)cc1Cl)NC1(CO)CCC1. The van der Waals surface area contributed by atoms with Gasteiger partial charge in [-0.3, -0.25) is 4.79 Å². The topological polar surface area (TPSA) is 49.3 Å². The third-order valence-electron chi connectivity index (χ3n) is 3.65. The fourth-order valence-corrected chi connectivity index (χ4v) is 2.76. The number of rotatable bonds is 5. The molecule has 1 fully saturated rings. The summed E-state index contributed by atoms with van der Waals surface area (Å²) in [5, 5.41) is 13.4. The lowest BCUT2D eigenvalue weighted by Crippen LogP contribution is -2.56. The summed E-state index contributed by atoms with van der Waals surface area (Å²) >= 11 is 11.9. The van der Waals surface area contributed by atoms with E-state index in [0.29, 0.717) is 22.9 Å². The Kier molecular flexibility index (Phi) is 4.71. The van der Waals surface area contributed by atoms with Gasteiger partial charge in [-0.1, -0.05) is 29.3 Å². The lowest BCUT2D eigenvalue weighted by atomic mass is 9.77. The monoisotopic (exact) mass is 301 g/mol. The van der Waals surface area contributed by atoms with Crippen LogP contribution in [-0.4, -0.2) is 23.2 Å². The molecule has 2 rings (SSSR count). The molecule has 0 spiro atoms. The molecule has 1 aromatic carbocycles. The summed E-state index contributed by atoms with van der Waals surface area (Å²) in [6, 6.07) is 5.28. The number of halogens is 2. The maximum atomic E-state index is 11.9. The van der Waals surface area contributed by atoms with Crippen molar-refractivity contribution >= 4 is 29.1 Å². The second-order valence-corrected chi connectivity index (χ2v) is 5.92. The van der Waals surface area contributed by atoms with E-state index in [1.807, 2.05) is 6.07 Å². The molecule has 0 aliphatic heterocycles. The molecule has 1 aromatic rings. The van der Waals surface area contributed by atoms with Gasteiger partial charge in [0, 0.05) is 16.5 Å². The van der Waals surface area contributed by atoms with Gasteiger partial charge in [0.2, 0.25) is 5.91 Å². The second-order valence-electron chi connectivity index (χ2n) is 5.08. The average Bonchev–Trinajstić information content (AvgIpc) is 2.33. The van der Waals surface area contributed by atoms with Gasteiger partial charge in [-0.25, -0.2) is 0 Å². The van der Waals surface area contributed by atoms with E-state index in [2.05, 4.69) is 5.32 Å². The van der Waals surface area contributed by atoms with Crippen LogP contribution in [0.25, 0.3) is 0 Å². The average molecular weight is 302 g/mol. The minimum absolute atomic E-state index is 0.0143. The van der Waals surface area contributed by atoms with Gasteiger partial charge in [-0.05, 0) is 43.4 Å². The van der Waals surface area contributed by atoms with Crippen LogP contribution in [0.4, 0.5) is 0 Å². The van der Waals surface area contributed by atoms with Crippen molar-refractivity contribution in [3.63, 3.8) is 0 Å². The van der Waals surface area contributed by atoms with Gasteiger partial charge in [-0.2, -0.15) is 0 Å². The molecule has 0 heterocycles. The number of aryl methyl sites for hydroxylation is 1. The maximum absolute atomic E-state index is 11.9. The van der Waals surface area contributed by atoms with Crippen LogP contribution in [0.1, 0.15) is 31.2 Å². The largest absolute Gasteiger partial charge is 0.394 e. The zero-order valence-corrected chi connectivity index (χ0v) is 12.1. The summed E-state index contributed by atoms with van der Waals surface area (Å²) in [6.07, 6.45) is 3.71. The van der Waals surface area contributed by atoms with Crippen molar-refractivity contribution in [2.45, 2.75) is 37.6 Å². The fraction of sp³-hybridized carbons (Fsp3) is 0.500. The van der Waals surface area contributed by atoms with E-state index in [1.54, 1.807) is 12.1 Å². The Balaban J connectivity index is 1.86. The Morgan fingerprint density at radius 2 is 2.11 bits per heavy atom. The van der Waals surface area contributed by atoms with Gasteiger partial charge in [0.05, 0.1) is 12.1 Å². The molecule has 104 valence electrons. The van der Waals surface area contributed by atoms with Crippen molar-refractivity contribution in [1.82, 2.24) is 5.32 Å². The standard InChI is InChI=1S/C14H17Cl2NO2/c15-11-4-2-10(12(16)8-11)3-5-13(19)17-14(9-18)6-1-7-14/h2,4,8,18H,1,3,5-7,9H2,(H,17,19). The minimum atomic E-state index is -0.374. The quantitative estimate of drug-likeness (QED) is 0.878. The molecule has 19 heavy (non-hydrogen) atoms. The van der Waals surface area contributed by atoms with E-state index in [1.165, 1.54) is 0 Å². The first kappa shape index (κ1) is 14.6. The minimum Gasteiger partial charge on any atom is -0.394 e. The first-order valence-corrected chi connectivity index (χ1v) is 7.16. The van der Waals surface area contributed by atoms with Crippen LogP contribution in [-0.2, 0) is 11.2 Å². The molecular weight excluding hydrogens is 285 g/mol. The first-order valence-electron chi connectivity index (χ1n) is 6.40. The summed E-state index contributed by atoms with van der Waals surface area (Å²) < 4.78 is 0. The van der Waals surface area contributed by atoms with Crippen molar-refractivity contribution in [2.24, 2.45) is 0 Å². The molecule has 3 nitrogen and oxygen atoms in total. The number of hydrogen-bond donors (Lipinski definition) is 2. The number of aliphatic hydroxyl groups excluding tert-OH is 1. The van der Waals surface area contributed by atoms with Crippen LogP contribution in [0, 0.1) is 0 Å². The summed E-state index contributed by atoms with van der Waals surface area (Å²) in [5.41, 5.74) is 0.536. The Morgan fingerprint density at radius 3 is 2.63 bits per heavy atom. The van der Waals surface area contributed by atoms with Crippen LogP contribution in [0.2, 0.25) is 10.0 Å². The molecule has 0 atom stereocenters. The van der Waals surface area contributed by atoms with E-state index in [4.69, 9.17) is 23.2 Å². The highest BCUT2D eigenvalue weighted by molar-refractivity contribution is 6.35. The third-order valence-corrected chi connectivity index (χ3v) is 4.24. The van der Waals surface area contributed by atoms with Gasteiger partial charge in [-0.15, -0.1) is 0 Å². The van der Waals surface area contributed by atoms with E-state index >= 15 is 0 Å². The van der Waals surface area contributed by atoms with Crippen LogP contribution < -0.4 is 5.32 Å².